The lowest BCUT2D eigenvalue weighted by Gasteiger charge is -2.15. The first-order chi connectivity index (χ1) is 9.34. The van der Waals surface area contributed by atoms with E-state index in [0.29, 0.717) is 0 Å². The lowest BCUT2D eigenvalue weighted by molar-refractivity contribution is 0.562. The van der Waals surface area contributed by atoms with Gasteiger partial charge in [-0.1, -0.05) is 24.3 Å². The van der Waals surface area contributed by atoms with Crippen LogP contribution < -0.4 is 10.6 Å². The zero-order valence-corrected chi connectivity index (χ0v) is 11.2. The van der Waals surface area contributed by atoms with Gasteiger partial charge in [0.25, 0.3) is 0 Å². The summed E-state index contributed by atoms with van der Waals surface area (Å²) in [6.07, 6.45) is 2.98. The molecule has 0 fully saturated rings. The van der Waals surface area contributed by atoms with Crippen molar-refractivity contribution < 1.29 is 0 Å². The first-order valence-electron chi connectivity index (χ1n) is 6.83. The Hall–Kier alpha value is -1.87. The number of pyridine rings is 1. The third-order valence-electron chi connectivity index (χ3n) is 3.66. The van der Waals surface area contributed by atoms with Crippen molar-refractivity contribution in [1.29, 1.82) is 0 Å². The van der Waals surface area contributed by atoms with E-state index in [1.807, 2.05) is 18.3 Å². The lowest BCUT2D eigenvalue weighted by Crippen LogP contribution is -2.19. The van der Waals surface area contributed by atoms with Gasteiger partial charge in [-0.25, -0.2) is 0 Å². The van der Waals surface area contributed by atoms with Crippen molar-refractivity contribution in [3.05, 3.63) is 59.4 Å². The molecule has 1 aromatic carbocycles. The molecule has 0 spiro atoms. The fraction of sp³-hybridized carbons (Fsp3) is 0.312. The predicted molar refractivity (Wildman–Crippen MR) is 78.1 cm³/mol. The predicted octanol–water partition coefficient (Wildman–Crippen LogP) is 2.90. The molecule has 1 atom stereocenters. The monoisotopic (exact) mass is 253 g/mol. The Morgan fingerprint density at radius 1 is 1.26 bits per heavy atom. The molecule has 2 N–H and O–H groups in total. The van der Waals surface area contributed by atoms with Crippen LogP contribution in [0.15, 0.2) is 42.6 Å². The van der Waals surface area contributed by atoms with Gasteiger partial charge < -0.3 is 10.6 Å². The highest BCUT2D eigenvalue weighted by Gasteiger charge is 2.14. The Kier molecular flexibility index (Phi) is 3.47. The maximum absolute atomic E-state index is 4.39. The van der Waals surface area contributed by atoms with E-state index in [1.54, 1.807) is 0 Å². The summed E-state index contributed by atoms with van der Waals surface area (Å²) in [5.74, 6) is 0. The number of benzene rings is 1. The third-order valence-corrected chi connectivity index (χ3v) is 3.66. The van der Waals surface area contributed by atoms with Crippen molar-refractivity contribution in [3.63, 3.8) is 0 Å². The van der Waals surface area contributed by atoms with Gasteiger partial charge in [-0.3, -0.25) is 4.98 Å². The zero-order valence-electron chi connectivity index (χ0n) is 11.2. The number of aromatic nitrogens is 1. The Bertz CT molecular complexity index is 551. The lowest BCUT2D eigenvalue weighted by atomic mass is 10.1. The number of nitrogens with zero attached hydrogens (tertiary/aromatic N) is 1. The summed E-state index contributed by atoms with van der Waals surface area (Å²) < 4.78 is 0. The molecular weight excluding hydrogens is 234 g/mol. The molecule has 1 aliphatic heterocycles. The van der Waals surface area contributed by atoms with Gasteiger partial charge in [0.05, 0.1) is 5.69 Å². The molecule has 1 aromatic heterocycles. The van der Waals surface area contributed by atoms with E-state index in [1.165, 1.54) is 16.8 Å². The molecule has 2 heterocycles. The van der Waals surface area contributed by atoms with Gasteiger partial charge in [0.2, 0.25) is 0 Å². The summed E-state index contributed by atoms with van der Waals surface area (Å²) in [6, 6.07) is 12.8. The minimum absolute atomic E-state index is 0.262. The molecule has 0 aliphatic carbocycles. The molecule has 0 bridgehead atoms. The minimum atomic E-state index is 0.262. The normalized spacial score (nSPS) is 14.8. The van der Waals surface area contributed by atoms with Crippen molar-refractivity contribution in [2.24, 2.45) is 0 Å². The van der Waals surface area contributed by atoms with Crippen LogP contribution in [-0.4, -0.2) is 11.5 Å². The van der Waals surface area contributed by atoms with E-state index in [-0.39, 0.29) is 6.04 Å². The van der Waals surface area contributed by atoms with Crippen molar-refractivity contribution in [1.82, 2.24) is 10.3 Å². The van der Waals surface area contributed by atoms with E-state index in [9.17, 15) is 0 Å². The molecule has 3 nitrogen and oxygen atoms in total. The molecule has 98 valence electrons. The van der Waals surface area contributed by atoms with Gasteiger partial charge in [0.15, 0.2) is 0 Å². The molecule has 1 unspecified atom stereocenters. The second kappa shape index (κ2) is 5.41. The number of para-hydroxylation sites is 1. The van der Waals surface area contributed by atoms with Crippen LogP contribution in [0.2, 0.25) is 0 Å². The average Bonchev–Trinajstić information content (AvgIpc) is 2.94. The molecule has 19 heavy (non-hydrogen) atoms. The summed E-state index contributed by atoms with van der Waals surface area (Å²) >= 11 is 0. The number of nitrogens with one attached hydrogen (secondary N) is 2. The zero-order chi connectivity index (χ0) is 13.1. The Morgan fingerprint density at radius 2 is 2.21 bits per heavy atom. The first-order valence-corrected chi connectivity index (χ1v) is 6.83. The van der Waals surface area contributed by atoms with Gasteiger partial charge in [-0.2, -0.15) is 0 Å². The quantitative estimate of drug-likeness (QED) is 0.879. The SMILES string of the molecule is CC(NCc1cccc2c1NCC2)c1ccccn1. The van der Waals surface area contributed by atoms with Crippen LogP contribution in [0, 0.1) is 0 Å². The smallest absolute Gasteiger partial charge is 0.0570 e. The van der Waals surface area contributed by atoms with Crippen LogP contribution in [0.4, 0.5) is 5.69 Å². The van der Waals surface area contributed by atoms with Gasteiger partial charge in [0.1, 0.15) is 0 Å². The van der Waals surface area contributed by atoms with Crippen LogP contribution in [0.3, 0.4) is 0 Å². The van der Waals surface area contributed by atoms with E-state index >= 15 is 0 Å². The Balaban J connectivity index is 1.69. The average molecular weight is 253 g/mol. The summed E-state index contributed by atoms with van der Waals surface area (Å²) in [6.45, 7) is 4.08. The van der Waals surface area contributed by atoms with Crippen molar-refractivity contribution in [2.75, 3.05) is 11.9 Å². The Labute approximate surface area is 114 Å². The first kappa shape index (κ1) is 12.2. The standard InChI is InChI=1S/C16H19N3/c1-12(15-7-2-3-9-17-15)19-11-14-6-4-5-13-8-10-18-16(13)14/h2-7,9,12,18-19H,8,10-11H2,1H3. The molecule has 1 aliphatic rings. The third kappa shape index (κ3) is 2.61. The van der Waals surface area contributed by atoms with E-state index in [4.69, 9.17) is 0 Å². The summed E-state index contributed by atoms with van der Waals surface area (Å²) in [4.78, 5) is 4.39. The maximum Gasteiger partial charge on any atom is 0.0570 e. The molecule has 0 amide bonds. The summed E-state index contributed by atoms with van der Waals surface area (Å²) in [5, 5.41) is 7.02. The van der Waals surface area contributed by atoms with Gasteiger partial charge in [-0.05, 0) is 36.6 Å². The van der Waals surface area contributed by atoms with Gasteiger partial charge >= 0.3 is 0 Å². The highest BCUT2D eigenvalue weighted by Crippen LogP contribution is 2.26. The van der Waals surface area contributed by atoms with E-state index in [0.717, 1.165) is 25.2 Å². The fourth-order valence-corrected chi connectivity index (χ4v) is 2.56. The Morgan fingerprint density at radius 3 is 3.05 bits per heavy atom. The summed E-state index contributed by atoms with van der Waals surface area (Å²) in [5.41, 5.74) is 5.19. The number of hydrogen-bond acceptors (Lipinski definition) is 3. The van der Waals surface area contributed by atoms with Crippen LogP contribution in [-0.2, 0) is 13.0 Å². The largest absolute Gasteiger partial charge is 0.384 e. The molecule has 2 aromatic rings. The number of hydrogen-bond donors (Lipinski definition) is 2. The topological polar surface area (TPSA) is 37.0 Å². The number of fused-ring (bicyclic) bond motifs is 1. The fourth-order valence-electron chi connectivity index (χ4n) is 2.56. The second-order valence-corrected chi connectivity index (χ2v) is 4.99. The number of anilines is 1. The van der Waals surface area contributed by atoms with Crippen molar-refractivity contribution in [3.8, 4) is 0 Å². The van der Waals surface area contributed by atoms with Crippen LogP contribution >= 0.6 is 0 Å². The highest BCUT2D eigenvalue weighted by molar-refractivity contribution is 5.61. The van der Waals surface area contributed by atoms with E-state index in [2.05, 4.69) is 46.8 Å². The van der Waals surface area contributed by atoms with Crippen LogP contribution in [0.25, 0.3) is 0 Å². The van der Waals surface area contributed by atoms with Crippen molar-refractivity contribution >= 4 is 5.69 Å². The van der Waals surface area contributed by atoms with E-state index < -0.39 is 0 Å². The van der Waals surface area contributed by atoms with Gasteiger partial charge in [-0.15, -0.1) is 0 Å². The molecular formula is C16H19N3. The molecule has 3 rings (SSSR count). The summed E-state index contributed by atoms with van der Waals surface area (Å²) in [7, 11) is 0. The molecule has 3 heteroatoms. The van der Waals surface area contributed by atoms with Crippen molar-refractivity contribution in [2.45, 2.75) is 25.9 Å². The minimum Gasteiger partial charge on any atom is -0.384 e. The highest BCUT2D eigenvalue weighted by atomic mass is 15.0. The molecule has 0 saturated heterocycles. The van der Waals surface area contributed by atoms with Crippen LogP contribution in [0.5, 0.6) is 0 Å². The molecule has 0 saturated carbocycles. The van der Waals surface area contributed by atoms with Crippen LogP contribution in [0.1, 0.15) is 29.8 Å². The maximum atomic E-state index is 4.39. The van der Waals surface area contributed by atoms with Gasteiger partial charge in [0, 0.05) is 31.0 Å². The second-order valence-electron chi connectivity index (χ2n) is 4.99. The molecule has 0 radical (unpaired) electrons. The number of rotatable bonds is 4.